The number of halogens is 1. The van der Waals surface area contributed by atoms with Gasteiger partial charge in [-0.25, -0.2) is 4.39 Å². The molecule has 0 aliphatic carbocycles. The summed E-state index contributed by atoms with van der Waals surface area (Å²) in [6, 6.07) is 11.4. The molecule has 0 saturated heterocycles. The lowest BCUT2D eigenvalue weighted by Gasteiger charge is -2.12. The average molecular weight is 314 g/mol. The van der Waals surface area contributed by atoms with E-state index in [1.807, 2.05) is 13.0 Å². The van der Waals surface area contributed by atoms with Crippen molar-refractivity contribution in [2.45, 2.75) is 33.3 Å². The summed E-state index contributed by atoms with van der Waals surface area (Å²) in [7, 11) is 0. The Kier molecular flexibility index (Phi) is 5.63. The van der Waals surface area contributed by atoms with Crippen molar-refractivity contribution in [1.29, 1.82) is 0 Å². The molecule has 120 valence electrons. The van der Waals surface area contributed by atoms with Crippen LogP contribution in [0.1, 0.15) is 41.3 Å². The third-order valence-corrected chi connectivity index (χ3v) is 3.45. The fourth-order valence-electron chi connectivity index (χ4n) is 2.15. The normalized spacial score (nSPS) is 10.4. The number of ketones is 2. The standard InChI is InChI=1S/C19H19FO3/c1-13-3-9-17(18(22)10-4-14(2)21)19(11-13)23-12-15-5-7-16(20)8-6-15/h3,5-9,11H,4,10,12H2,1-2H3. The van der Waals surface area contributed by atoms with Crippen LogP contribution in [-0.2, 0) is 11.4 Å². The maximum atomic E-state index is 12.9. The number of hydrogen-bond donors (Lipinski definition) is 0. The van der Waals surface area contributed by atoms with Crippen LogP contribution in [0, 0.1) is 12.7 Å². The van der Waals surface area contributed by atoms with Gasteiger partial charge in [-0.05, 0) is 49.2 Å². The van der Waals surface area contributed by atoms with Gasteiger partial charge in [0.2, 0.25) is 0 Å². The van der Waals surface area contributed by atoms with Crippen molar-refractivity contribution in [2.75, 3.05) is 0 Å². The van der Waals surface area contributed by atoms with E-state index >= 15 is 0 Å². The fourth-order valence-corrected chi connectivity index (χ4v) is 2.15. The Bertz CT molecular complexity index is 705. The Labute approximate surface area is 135 Å². The lowest BCUT2D eigenvalue weighted by atomic mass is 10.0. The molecule has 0 aliphatic heterocycles. The largest absolute Gasteiger partial charge is 0.488 e. The Hall–Kier alpha value is -2.49. The van der Waals surface area contributed by atoms with E-state index in [2.05, 4.69) is 0 Å². The van der Waals surface area contributed by atoms with Gasteiger partial charge in [-0.2, -0.15) is 0 Å². The molecule has 2 aromatic rings. The van der Waals surface area contributed by atoms with Crippen molar-refractivity contribution >= 4 is 11.6 Å². The van der Waals surface area contributed by atoms with Crippen LogP contribution in [0.4, 0.5) is 4.39 Å². The average Bonchev–Trinajstić information content (AvgIpc) is 2.52. The topological polar surface area (TPSA) is 43.4 Å². The van der Waals surface area contributed by atoms with Crippen molar-refractivity contribution in [2.24, 2.45) is 0 Å². The smallest absolute Gasteiger partial charge is 0.167 e. The van der Waals surface area contributed by atoms with Crippen LogP contribution < -0.4 is 4.74 Å². The molecular weight excluding hydrogens is 295 g/mol. The first-order valence-electron chi connectivity index (χ1n) is 7.46. The quantitative estimate of drug-likeness (QED) is 0.717. The third-order valence-electron chi connectivity index (χ3n) is 3.45. The summed E-state index contributed by atoms with van der Waals surface area (Å²) < 4.78 is 18.7. The molecule has 3 nitrogen and oxygen atoms in total. The van der Waals surface area contributed by atoms with Crippen LogP contribution in [0.2, 0.25) is 0 Å². The van der Waals surface area contributed by atoms with Gasteiger partial charge in [0.15, 0.2) is 5.78 Å². The van der Waals surface area contributed by atoms with Crippen LogP contribution in [0.3, 0.4) is 0 Å². The molecule has 0 aromatic heterocycles. The van der Waals surface area contributed by atoms with Crippen LogP contribution in [-0.4, -0.2) is 11.6 Å². The molecule has 0 aliphatic rings. The Balaban J connectivity index is 2.13. The molecule has 0 atom stereocenters. The Morgan fingerprint density at radius 1 is 1.04 bits per heavy atom. The zero-order valence-corrected chi connectivity index (χ0v) is 13.3. The summed E-state index contributed by atoms with van der Waals surface area (Å²) in [5, 5.41) is 0. The monoisotopic (exact) mass is 314 g/mol. The van der Waals surface area contributed by atoms with Gasteiger partial charge < -0.3 is 9.53 Å². The predicted octanol–water partition coefficient (Wildman–Crippen LogP) is 4.27. The highest BCUT2D eigenvalue weighted by molar-refractivity contribution is 6.00. The van der Waals surface area contributed by atoms with Crippen molar-refractivity contribution in [3.63, 3.8) is 0 Å². The Morgan fingerprint density at radius 2 is 1.74 bits per heavy atom. The number of ether oxygens (including phenoxy) is 1. The second kappa shape index (κ2) is 7.68. The Morgan fingerprint density at radius 3 is 2.39 bits per heavy atom. The molecule has 0 unspecified atom stereocenters. The molecule has 4 heteroatoms. The number of hydrogen-bond acceptors (Lipinski definition) is 3. The second-order valence-electron chi connectivity index (χ2n) is 5.54. The van der Waals surface area contributed by atoms with E-state index in [0.29, 0.717) is 11.3 Å². The molecule has 0 radical (unpaired) electrons. The molecule has 0 bridgehead atoms. The van der Waals surface area contributed by atoms with Crippen molar-refractivity contribution in [3.05, 3.63) is 65.0 Å². The van der Waals surface area contributed by atoms with E-state index in [4.69, 9.17) is 4.74 Å². The zero-order valence-electron chi connectivity index (χ0n) is 13.3. The number of benzene rings is 2. The van der Waals surface area contributed by atoms with Gasteiger partial charge in [0.25, 0.3) is 0 Å². The molecule has 2 aromatic carbocycles. The summed E-state index contributed by atoms with van der Waals surface area (Å²) >= 11 is 0. The first-order valence-corrected chi connectivity index (χ1v) is 7.46. The number of Topliss-reactive ketones (excluding diaryl/α,β-unsaturated/α-hetero) is 2. The van der Waals surface area contributed by atoms with E-state index in [1.54, 1.807) is 24.3 Å². The lowest BCUT2D eigenvalue weighted by molar-refractivity contribution is -0.116. The van der Waals surface area contributed by atoms with Gasteiger partial charge >= 0.3 is 0 Å². The van der Waals surface area contributed by atoms with E-state index in [9.17, 15) is 14.0 Å². The third kappa shape index (κ3) is 5.02. The van der Waals surface area contributed by atoms with Crippen LogP contribution in [0.25, 0.3) is 0 Å². The fraction of sp³-hybridized carbons (Fsp3) is 0.263. The minimum absolute atomic E-state index is 0.0146. The molecule has 23 heavy (non-hydrogen) atoms. The molecular formula is C19H19FO3. The molecule has 0 spiro atoms. The minimum atomic E-state index is -0.301. The van der Waals surface area contributed by atoms with E-state index in [0.717, 1.165) is 11.1 Å². The molecule has 0 amide bonds. The first-order chi connectivity index (χ1) is 11.0. The SMILES string of the molecule is CC(=O)CCC(=O)c1ccc(C)cc1OCc1ccc(F)cc1. The van der Waals surface area contributed by atoms with Gasteiger partial charge in [-0.15, -0.1) is 0 Å². The maximum absolute atomic E-state index is 12.9. The first kappa shape index (κ1) is 16.9. The van der Waals surface area contributed by atoms with Gasteiger partial charge in [-0.3, -0.25) is 4.79 Å². The van der Waals surface area contributed by atoms with Gasteiger partial charge in [0.05, 0.1) is 5.56 Å². The number of aryl methyl sites for hydroxylation is 1. The number of rotatable bonds is 7. The predicted molar refractivity (Wildman–Crippen MR) is 86.2 cm³/mol. The van der Waals surface area contributed by atoms with Crippen LogP contribution >= 0.6 is 0 Å². The highest BCUT2D eigenvalue weighted by Crippen LogP contribution is 2.23. The molecule has 0 fully saturated rings. The minimum Gasteiger partial charge on any atom is -0.488 e. The zero-order chi connectivity index (χ0) is 16.8. The van der Waals surface area contributed by atoms with Gasteiger partial charge in [0.1, 0.15) is 24.0 Å². The lowest BCUT2D eigenvalue weighted by Crippen LogP contribution is -2.06. The van der Waals surface area contributed by atoms with E-state index in [-0.39, 0.29) is 36.8 Å². The van der Waals surface area contributed by atoms with Crippen LogP contribution in [0.15, 0.2) is 42.5 Å². The molecule has 0 heterocycles. The summed E-state index contributed by atoms with van der Waals surface area (Å²) in [5.41, 5.74) is 2.26. The van der Waals surface area contributed by atoms with E-state index < -0.39 is 0 Å². The molecule has 0 N–H and O–H groups in total. The number of carbonyl (C=O) groups excluding carboxylic acids is 2. The van der Waals surface area contributed by atoms with E-state index in [1.165, 1.54) is 19.1 Å². The van der Waals surface area contributed by atoms with Crippen molar-refractivity contribution in [3.8, 4) is 5.75 Å². The van der Waals surface area contributed by atoms with Crippen molar-refractivity contribution in [1.82, 2.24) is 0 Å². The summed E-state index contributed by atoms with van der Waals surface area (Å²) in [6.45, 7) is 3.62. The van der Waals surface area contributed by atoms with Crippen molar-refractivity contribution < 1.29 is 18.7 Å². The summed E-state index contributed by atoms with van der Waals surface area (Å²) in [6.07, 6.45) is 0.398. The maximum Gasteiger partial charge on any atom is 0.167 e. The summed E-state index contributed by atoms with van der Waals surface area (Å²) in [5.74, 6) is 0.0563. The number of carbonyl (C=O) groups is 2. The van der Waals surface area contributed by atoms with Gasteiger partial charge in [-0.1, -0.05) is 18.2 Å². The van der Waals surface area contributed by atoms with Gasteiger partial charge in [0, 0.05) is 12.8 Å². The highest BCUT2D eigenvalue weighted by Gasteiger charge is 2.14. The second-order valence-corrected chi connectivity index (χ2v) is 5.54. The molecule has 0 saturated carbocycles. The highest BCUT2D eigenvalue weighted by atomic mass is 19.1. The summed E-state index contributed by atoms with van der Waals surface area (Å²) in [4.78, 5) is 23.3. The molecule has 2 rings (SSSR count). The van der Waals surface area contributed by atoms with Crippen LogP contribution in [0.5, 0.6) is 5.75 Å².